The summed E-state index contributed by atoms with van der Waals surface area (Å²) in [6.45, 7) is 38.6. The van der Waals surface area contributed by atoms with Crippen LogP contribution >= 0.6 is 34.8 Å². The Morgan fingerprint density at radius 3 is 1.19 bits per heavy atom. The second kappa shape index (κ2) is 47.5. The van der Waals surface area contributed by atoms with Crippen LogP contribution in [0.3, 0.4) is 0 Å². The van der Waals surface area contributed by atoms with E-state index in [4.69, 9.17) is 54.4 Å². The number of nitro groups is 1. The van der Waals surface area contributed by atoms with E-state index >= 15 is 0 Å². The summed E-state index contributed by atoms with van der Waals surface area (Å²) < 4.78 is 0. The van der Waals surface area contributed by atoms with Crippen LogP contribution in [0.2, 0.25) is 15.2 Å². The van der Waals surface area contributed by atoms with Crippen LogP contribution in [0.4, 0.5) is 17.2 Å². The van der Waals surface area contributed by atoms with E-state index in [1.807, 2.05) is 199 Å². The van der Waals surface area contributed by atoms with Crippen LogP contribution in [0.25, 0.3) is 9.69 Å². The number of nitrogens with zero attached hydrogens (tertiary/aromatic N) is 14. The van der Waals surface area contributed by atoms with Crippen molar-refractivity contribution in [3.05, 3.63) is 341 Å². The number of hydrogen-bond acceptors (Lipinski definition) is 13. The van der Waals surface area contributed by atoms with Crippen LogP contribution in [0.5, 0.6) is 0 Å². The molecule has 466 valence electrons. The monoisotopic (exact) mass is 1270 g/mol. The van der Waals surface area contributed by atoms with Gasteiger partial charge in [-0.3, -0.25) is 55.0 Å². The first-order valence-electron chi connectivity index (χ1n) is 27.8. The predicted molar refractivity (Wildman–Crippen MR) is 370 cm³/mol. The Balaban J connectivity index is 0.000000501. The average Bonchev–Trinajstić information content (AvgIpc) is 3.70. The van der Waals surface area contributed by atoms with Gasteiger partial charge < -0.3 is 4.85 Å². The lowest BCUT2D eigenvalue weighted by Gasteiger charge is -1.93. The van der Waals surface area contributed by atoms with E-state index in [1.165, 1.54) is 34.5 Å². The molecular formula is C72H75Cl3N14O2. The Morgan fingerprint density at radius 1 is 0.407 bits per heavy atom. The van der Waals surface area contributed by atoms with Gasteiger partial charge >= 0.3 is 0 Å². The highest BCUT2D eigenvalue weighted by molar-refractivity contribution is 6.41. The van der Waals surface area contributed by atoms with Gasteiger partial charge in [0.2, 0.25) is 5.69 Å². The molecule has 0 aliphatic heterocycles. The standard InChI is InChI=1S/C8H7N.2C7H6N2.2C7H9N.C6H5Cl2N.C6H6ClN.C6H6N2O2.3C6H7N/c1-3-8-5-4-7(2)9-6-8;1-6-3-4-7(8-2)5-9-6;1-6-3-4-7(8-2)9-5-6;2*1-6-3-4-7(2)8-5-6;1-4-2-3-5(7)6(8)9-4;1-5-2-3-6(7)4-8-5;1-5-2-3-6(4-7-5)8(9)10;1-6-2-4-7-5-3-6;1-6-3-2-4-7-5-6;1-6-4-2-3-5-7-6/h1,4-6H,2H3;2*3-5H,1H3;2*3-5H,1-2H3;2-3H,1H3;2-4H,1H3;2-4H,1H3;3*2-5H,1H3. The van der Waals surface area contributed by atoms with Gasteiger partial charge in [-0.15, -0.1) is 11.4 Å². The fourth-order valence-electron chi connectivity index (χ4n) is 5.54. The number of halogens is 3. The van der Waals surface area contributed by atoms with Crippen molar-refractivity contribution in [2.24, 2.45) is 0 Å². The Kier molecular flexibility index (Phi) is 41.0. The maximum atomic E-state index is 10.1. The second-order valence-corrected chi connectivity index (χ2v) is 20.3. The second-order valence-electron chi connectivity index (χ2n) is 19.1. The predicted octanol–water partition coefficient (Wildman–Crippen LogP) is 18.9. The number of aryl methyl sites for hydroxylation is 13. The van der Waals surface area contributed by atoms with E-state index in [1.54, 1.807) is 80.8 Å². The molecule has 0 fully saturated rings. The molecule has 0 saturated heterocycles. The van der Waals surface area contributed by atoms with Gasteiger partial charge in [0, 0.05) is 119 Å². The van der Waals surface area contributed by atoms with E-state index < -0.39 is 4.92 Å². The number of aromatic nitrogens is 11. The van der Waals surface area contributed by atoms with Crippen LogP contribution in [-0.4, -0.2) is 59.7 Å². The zero-order valence-electron chi connectivity index (χ0n) is 53.5. The number of rotatable bonds is 1. The van der Waals surface area contributed by atoms with E-state index in [-0.39, 0.29) is 5.69 Å². The van der Waals surface area contributed by atoms with Crippen molar-refractivity contribution in [1.82, 2.24) is 54.8 Å². The summed E-state index contributed by atoms with van der Waals surface area (Å²) in [4.78, 5) is 59.2. The first-order chi connectivity index (χ1) is 43.4. The first-order valence-corrected chi connectivity index (χ1v) is 28.9. The van der Waals surface area contributed by atoms with Crippen molar-refractivity contribution < 1.29 is 4.92 Å². The molecule has 0 aliphatic rings. The fraction of sp³-hybridized carbons (Fsp3) is 0.181. The summed E-state index contributed by atoms with van der Waals surface area (Å²) in [6, 6.07) is 43.1. The van der Waals surface area contributed by atoms with E-state index in [0.717, 1.165) is 56.7 Å². The maximum Gasteiger partial charge on any atom is 0.287 e. The van der Waals surface area contributed by atoms with Crippen LogP contribution < -0.4 is 0 Å². The summed E-state index contributed by atoms with van der Waals surface area (Å²) in [5.41, 5.74) is 15.3. The smallest absolute Gasteiger partial charge is 0.287 e. The third-order valence-corrected chi connectivity index (χ3v) is 11.5. The van der Waals surface area contributed by atoms with Crippen LogP contribution in [0.1, 0.15) is 78.9 Å². The highest BCUT2D eigenvalue weighted by Crippen LogP contribution is 2.18. The largest absolute Gasteiger partial charge is 0.361 e. The molecule has 11 rings (SSSR count). The topological polar surface area (TPSA) is 194 Å². The molecule has 0 N–H and O–H groups in total. The van der Waals surface area contributed by atoms with Crippen LogP contribution in [-0.2, 0) is 0 Å². The third-order valence-electron chi connectivity index (χ3n) is 10.6. The molecule has 0 amide bonds. The molecule has 11 heterocycles. The zero-order chi connectivity index (χ0) is 67.8. The molecule has 19 heteroatoms. The number of terminal acetylenes is 1. The van der Waals surface area contributed by atoms with Crippen molar-refractivity contribution in [2.45, 2.75) is 90.0 Å². The molecule has 0 aromatic carbocycles. The number of pyridine rings is 11. The molecule has 0 bridgehead atoms. The van der Waals surface area contributed by atoms with Gasteiger partial charge in [0.15, 0.2) is 0 Å². The summed E-state index contributed by atoms with van der Waals surface area (Å²) in [5, 5.41) is 11.6. The Labute approximate surface area is 551 Å². The van der Waals surface area contributed by atoms with Gasteiger partial charge in [0.25, 0.3) is 11.5 Å². The summed E-state index contributed by atoms with van der Waals surface area (Å²) in [6.07, 6.45) is 25.6. The van der Waals surface area contributed by atoms with Crippen molar-refractivity contribution in [3.8, 4) is 12.3 Å². The minimum Gasteiger partial charge on any atom is -0.361 e. The molecule has 0 aliphatic carbocycles. The van der Waals surface area contributed by atoms with Crippen molar-refractivity contribution in [1.29, 1.82) is 0 Å². The maximum absolute atomic E-state index is 10.1. The van der Waals surface area contributed by atoms with Gasteiger partial charge in [-0.25, -0.2) is 9.83 Å². The van der Waals surface area contributed by atoms with E-state index in [0.29, 0.717) is 26.7 Å². The average molecular weight is 1270 g/mol. The Bertz CT molecular complexity index is 3450. The highest BCUT2D eigenvalue weighted by Gasteiger charge is 2.02. The molecule has 91 heavy (non-hydrogen) atoms. The minimum absolute atomic E-state index is 0.0330. The first kappa shape index (κ1) is 78.5. The fourth-order valence-corrected chi connectivity index (χ4v) is 5.95. The van der Waals surface area contributed by atoms with Crippen molar-refractivity contribution >= 4 is 52.0 Å². The van der Waals surface area contributed by atoms with E-state index in [2.05, 4.69) is 82.6 Å². The van der Waals surface area contributed by atoms with Gasteiger partial charge in [-0.05, 0) is 209 Å². The lowest BCUT2D eigenvalue weighted by molar-refractivity contribution is -0.385. The SMILES string of the molecule is C#Cc1ccc(C)nc1.Cc1ccc(C)nc1.Cc1ccc(C)nc1.Cc1ccc(Cl)c(Cl)n1.Cc1ccc(Cl)cn1.Cc1ccc([N+](=O)[O-])cn1.Cc1ccccn1.Cc1cccnc1.Cc1ccncc1.[C-]#[N+]c1ccc(C)cn1.[C-]#[N+]c1ccc(C)nc1. The van der Waals surface area contributed by atoms with Crippen molar-refractivity contribution in [3.63, 3.8) is 0 Å². The van der Waals surface area contributed by atoms with Gasteiger partial charge in [-0.2, -0.15) is 0 Å². The molecule has 0 saturated carbocycles. The number of hydrogen-bond donors (Lipinski definition) is 0. The lowest BCUT2D eigenvalue weighted by atomic mass is 10.3. The van der Waals surface area contributed by atoms with Crippen LogP contribution in [0, 0.1) is 126 Å². The molecule has 11 aromatic rings. The zero-order valence-corrected chi connectivity index (χ0v) is 55.8. The summed E-state index contributed by atoms with van der Waals surface area (Å²) >= 11 is 16.7. The highest BCUT2D eigenvalue weighted by atomic mass is 35.5. The quantitative estimate of drug-likeness (QED) is 0.0496. The molecular weight excluding hydrogens is 1200 g/mol. The van der Waals surface area contributed by atoms with E-state index in [9.17, 15) is 10.1 Å². The molecule has 0 unspecified atom stereocenters. The molecule has 11 aromatic heterocycles. The Hall–Kier alpha value is -10.5. The molecule has 0 radical (unpaired) electrons. The lowest BCUT2D eigenvalue weighted by Crippen LogP contribution is -1.88. The summed E-state index contributed by atoms with van der Waals surface area (Å²) in [7, 11) is 0. The molecule has 16 nitrogen and oxygen atoms in total. The minimum atomic E-state index is -0.466. The van der Waals surface area contributed by atoms with Gasteiger partial charge in [-0.1, -0.05) is 89.8 Å². The van der Waals surface area contributed by atoms with Gasteiger partial charge in [0.05, 0.1) is 21.5 Å². The van der Waals surface area contributed by atoms with Crippen molar-refractivity contribution in [2.75, 3.05) is 0 Å². The normalized spacial score (nSPS) is 8.93. The van der Waals surface area contributed by atoms with Gasteiger partial charge in [0.1, 0.15) is 17.5 Å². The molecule has 0 spiro atoms. The summed E-state index contributed by atoms with van der Waals surface area (Å²) in [5.74, 6) is 2.95. The molecule has 0 atom stereocenters. The van der Waals surface area contributed by atoms with Crippen LogP contribution in [0.15, 0.2) is 214 Å². The third kappa shape index (κ3) is 42.1. The Morgan fingerprint density at radius 2 is 0.890 bits per heavy atom.